The van der Waals surface area contributed by atoms with Crippen molar-refractivity contribution >= 4 is 5.91 Å². The Bertz CT molecular complexity index is 508. The number of amides is 1. The van der Waals surface area contributed by atoms with Crippen molar-refractivity contribution in [3.8, 4) is 0 Å². The Morgan fingerprint density at radius 1 is 1.32 bits per heavy atom. The molecule has 4 heteroatoms. The molecule has 1 aromatic rings. The summed E-state index contributed by atoms with van der Waals surface area (Å²) in [7, 11) is 0. The second-order valence-corrected chi connectivity index (χ2v) is 6.57. The van der Waals surface area contributed by atoms with E-state index in [1.165, 1.54) is 11.1 Å². The van der Waals surface area contributed by atoms with Crippen LogP contribution < -0.4 is 11.1 Å². The van der Waals surface area contributed by atoms with Crippen LogP contribution in [0.25, 0.3) is 0 Å². The number of carbonyl (C=O) groups is 1. The minimum Gasteiger partial charge on any atom is -0.381 e. The summed E-state index contributed by atoms with van der Waals surface area (Å²) >= 11 is 0. The summed E-state index contributed by atoms with van der Waals surface area (Å²) in [5, 5.41) is 3.13. The van der Waals surface area contributed by atoms with E-state index in [9.17, 15) is 4.79 Å². The number of nitrogens with two attached hydrogens (primary N) is 1. The average molecular weight is 304 g/mol. The lowest BCUT2D eigenvalue weighted by Gasteiger charge is -2.39. The van der Waals surface area contributed by atoms with Gasteiger partial charge < -0.3 is 15.8 Å². The molecule has 0 bridgehead atoms. The first-order valence-corrected chi connectivity index (χ1v) is 8.13. The first-order chi connectivity index (χ1) is 10.5. The van der Waals surface area contributed by atoms with Crippen LogP contribution in [-0.2, 0) is 14.9 Å². The zero-order chi connectivity index (χ0) is 16.2. The monoisotopic (exact) mass is 304 g/mol. The van der Waals surface area contributed by atoms with Crippen molar-refractivity contribution in [3.63, 3.8) is 0 Å². The van der Waals surface area contributed by atoms with Crippen molar-refractivity contribution in [3.05, 3.63) is 35.4 Å². The number of hydrogen-bond acceptors (Lipinski definition) is 3. The van der Waals surface area contributed by atoms with E-state index >= 15 is 0 Å². The zero-order valence-electron chi connectivity index (χ0n) is 13.9. The Kier molecular flexibility index (Phi) is 5.59. The van der Waals surface area contributed by atoms with Gasteiger partial charge in [0.1, 0.15) is 0 Å². The molecule has 2 unspecified atom stereocenters. The third kappa shape index (κ3) is 3.68. The molecule has 1 saturated heterocycles. The second kappa shape index (κ2) is 7.25. The standard InChI is InChI=1S/C18H28N2O2/c1-13-6-4-5-7-16(13)18(8-10-22-11-9-18)12-20-17(21)14(2)15(3)19/h4-7,14-15H,8-12,19H2,1-3H3,(H,20,21). The second-order valence-electron chi connectivity index (χ2n) is 6.57. The van der Waals surface area contributed by atoms with E-state index in [-0.39, 0.29) is 23.3 Å². The summed E-state index contributed by atoms with van der Waals surface area (Å²) in [6, 6.07) is 8.32. The minimum absolute atomic E-state index is 0.0309. The van der Waals surface area contributed by atoms with Crippen molar-refractivity contribution in [1.29, 1.82) is 0 Å². The number of rotatable bonds is 5. The van der Waals surface area contributed by atoms with Crippen LogP contribution in [0.4, 0.5) is 0 Å². The third-order valence-electron chi connectivity index (χ3n) is 4.97. The Balaban J connectivity index is 2.17. The van der Waals surface area contributed by atoms with Gasteiger partial charge in [-0.3, -0.25) is 4.79 Å². The molecule has 0 radical (unpaired) electrons. The van der Waals surface area contributed by atoms with E-state index in [2.05, 4.69) is 36.5 Å². The van der Waals surface area contributed by atoms with Crippen LogP contribution >= 0.6 is 0 Å². The normalized spacial score (nSPS) is 20.2. The number of aryl methyl sites for hydroxylation is 1. The molecule has 1 heterocycles. The fourth-order valence-electron chi connectivity index (χ4n) is 3.13. The molecular formula is C18H28N2O2. The molecule has 0 spiro atoms. The van der Waals surface area contributed by atoms with Gasteiger partial charge in [-0.15, -0.1) is 0 Å². The van der Waals surface area contributed by atoms with Crippen LogP contribution in [0.1, 0.15) is 37.8 Å². The Morgan fingerprint density at radius 2 is 1.95 bits per heavy atom. The van der Waals surface area contributed by atoms with Gasteiger partial charge in [0.2, 0.25) is 5.91 Å². The SMILES string of the molecule is Cc1ccccc1C1(CNC(=O)C(C)C(C)N)CCOCC1. The van der Waals surface area contributed by atoms with Gasteiger partial charge in [-0.05, 0) is 37.8 Å². The lowest BCUT2D eigenvalue weighted by Crippen LogP contribution is -2.48. The lowest BCUT2D eigenvalue weighted by atomic mass is 9.72. The number of carbonyl (C=O) groups excluding carboxylic acids is 1. The van der Waals surface area contributed by atoms with Gasteiger partial charge >= 0.3 is 0 Å². The van der Waals surface area contributed by atoms with Crippen molar-refractivity contribution in [2.24, 2.45) is 11.7 Å². The number of nitrogens with one attached hydrogen (secondary N) is 1. The van der Waals surface area contributed by atoms with Crippen molar-refractivity contribution in [1.82, 2.24) is 5.32 Å². The van der Waals surface area contributed by atoms with E-state index in [1.54, 1.807) is 0 Å². The van der Waals surface area contributed by atoms with Gasteiger partial charge in [-0.1, -0.05) is 31.2 Å². The van der Waals surface area contributed by atoms with Crippen molar-refractivity contribution in [2.75, 3.05) is 19.8 Å². The smallest absolute Gasteiger partial charge is 0.224 e. The van der Waals surface area contributed by atoms with Gasteiger partial charge in [0.25, 0.3) is 0 Å². The van der Waals surface area contributed by atoms with E-state index in [1.807, 2.05) is 13.8 Å². The van der Waals surface area contributed by atoms with Crippen molar-refractivity contribution < 1.29 is 9.53 Å². The van der Waals surface area contributed by atoms with E-state index in [0.717, 1.165) is 26.1 Å². The van der Waals surface area contributed by atoms with Crippen LogP contribution in [0.3, 0.4) is 0 Å². The molecule has 0 saturated carbocycles. The molecule has 0 aliphatic carbocycles. The van der Waals surface area contributed by atoms with Crippen molar-refractivity contribution in [2.45, 2.75) is 45.1 Å². The summed E-state index contributed by atoms with van der Waals surface area (Å²) < 4.78 is 5.55. The first kappa shape index (κ1) is 17.0. The summed E-state index contributed by atoms with van der Waals surface area (Å²) in [6.45, 7) is 8.02. The Morgan fingerprint density at radius 3 is 2.55 bits per heavy atom. The highest BCUT2D eigenvalue weighted by Gasteiger charge is 2.36. The molecule has 1 amide bonds. The maximum atomic E-state index is 12.3. The highest BCUT2D eigenvalue weighted by atomic mass is 16.5. The quantitative estimate of drug-likeness (QED) is 0.876. The van der Waals surface area contributed by atoms with Crippen LogP contribution in [0.5, 0.6) is 0 Å². The Labute approximate surface area is 133 Å². The fourth-order valence-corrected chi connectivity index (χ4v) is 3.13. The molecular weight excluding hydrogens is 276 g/mol. The largest absolute Gasteiger partial charge is 0.381 e. The fraction of sp³-hybridized carbons (Fsp3) is 0.611. The van der Waals surface area contributed by atoms with Crippen LogP contribution in [-0.4, -0.2) is 31.7 Å². The van der Waals surface area contributed by atoms with Gasteiger partial charge in [0.05, 0.1) is 0 Å². The van der Waals surface area contributed by atoms with E-state index < -0.39 is 0 Å². The zero-order valence-corrected chi connectivity index (χ0v) is 13.9. The van der Waals surface area contributed by atoms with Crippen LogP contribution in [0, 0.1) is 12.8 Å². The van der Waals surface area contributed by atoms with Gasteiger partial charge in [0.15, 0.2) is 0 Å². The highest BCUT2D eigenvalue weighted by Crippen LogP contribution is 2.36. The predicted molar refractivity (Wildman–Crippen MR) is 88.7 cm³/mol. The molecule has 3 N–H and O–H groups in total. The molecule has 1 aromatic carbocycles. The summed E-state index contributed by atoms with van der Waals surface area (Å²) in [5.41, 5.74) is 8.40. The summed E-state index contributed by atoms with van der Waals surface area (Å²) in [6.07, 6.45) is 1.87. The molecule has 22 heavy (non-hydrogen) atoms. The maximum absolute atomic E-state index is 12.3. The third-order valence-corrected chi connectivity index (χ3v) is 4.97. The predicted octanol–water partition coefficient (Wildman–Crippen LogP) is 2.14. The van der Waals surface area contributed by atoms with Gasteiger partial charge in [0, 0.05) is 37.1 Å². The molecule has 0 aromatic heterocycles. The average Bonchev–Trinajstić information content (AvgIpc) is 2.53. The number of ether oxygens (including phenoxy) is 1. The molecule has 2 atom stereocenters. The molecule has 1 aliphatic heterocycles. The molecule has 1 aliphatic rings. The number of hydrogen-bond donors (Lipinski definition) is 2. The molecule has 4 nitrogen and oxygen atoms in total. The van der Waals surface area contributed by atoms with E-state index in [0.29, 0.717) is 6.54 Å². The number of benzene rings is 1. The van der Waals surface area contributed by atoms with Gasteiger partial charge in [-0.25, -0.2) is 0 Å². The van der Waals surface area contributed by atoms with Gasteiger partial charge in [-0.2, -0.15) is 0 Å². The first-order valence-electron chi connectivity index (χ1n) is 8.13. The lowest BCUT2D eigenvalue weighted by molar-refractivity contribution is -0.125. The molecule has 122 valence electrons. The molecule has 2 rings (SSSR count). The minimum atomic E-state index is -0.172. The maximum Gasteiger partial charge on any atom is 0.224 e. The topological polar surface area (TPSA) is 64.4 Å². The highest BCUT2D eigenvalue weighted by molar-refractivity contribution is 5.79. The van der Waals surface area contributed by atoms with E-state index in [4.69, 9.17) is 10.5 Å². The summed E-state index contributed by atoms with van der Waals surface area (Å²) in [5.74, 6) is -0.136. The van der Waals surface area contributed by atoms with Crippen LogP contribution in [0.2, 0.25) is 0 Å². The Hall–Kier alpha value is -1.39. The molecule has 1 fully saturated rings. The van der Waals surface area contributed by atoms with Crippen LogP contribution in [0.15, 0.2) is 24.3 Å². The summed E-state index contributed by atoms with van der Waals surface area (Å²) in [4.78, 5) is 12.3.